The molecule has 1 heterocycles. The van der Waals surface area contributed by atoms with Crippen molar-refractivity contribution in [2.45, 2.75) is 52.4 Å². The molecule has 1 amide bonds. The fraction of sp³-hybridized carbons (Fsp3) is 0.933. The largest absolute Gasteiger partial charge is 0.355 e. The zero-order valence-corrected chi connectivity index (χ0v) is 13.2. The lowest BCUT2D eigenvalue weighted by molar-refractivity contribution is -0.126. The summed E-state index contributed by atoms with van der Waals surface area (Å²) in [6.07, 6.45) is 7.39. The smallest absolute Gasteiger partial charge is 0.224 e. The molecular formula is C15H29ClN2O. The van der Waals surface area contributed by atoms with Crippen molar-refractivity contribution in [3.05, 3.63) is 0 Å². The van der Waals surface area contributed by atoms with Gasteiger partial charge in [-0.2, -0.15) is 0 Å². The van der Waals surface area contributed by atoms with Crippen LogP contribution in [0, 0.1) is 17.3 Å². The molecule has 1 saturated carbocycles. The zero-order chi connectivity index (χ0) is 13.0. The van der Waals surface area contributed by atoms with E-state index in [4.69, 9.17) is 0 Å². The molecule has 2 fully saturated rings. The van der Waals surface area contributed by atoms with E-state index in [-0.39, 0.29) is 24.2 Å². The van der Waals surface area contributed by atoms with E-state index in [1.165, 1.54) is 25.7 Å². The second-order valence-electron chi connectivity index (χ2n) is 6.71. The predicted octanol–water partition coefficient (Wildman–Crippen LogP) is 2.74. The fourth-order valence-corrected chi connectivity index (χ4v) is 3.49. The molecular weight excluding hydrogens is 260 g/mol. The van der Waals surface area contributed by atoms with Crippen LogP contribution in [0.1, 0.15) is 52.4 Å². The number of piperidine rings is 1. The van der Waals surface area contributed by atoms with Crippen molar-refractivity contribution in [3.8, 4) is 0 Å². The topological polar surface area (TPSA) is 41.1 Å². The van der Waals surface area contributed by atoms with Crippen molar-refractivity contribution in [2.24, 2.45) is 17.3 Å². The summed E-state index contributed by atoms with van der Waals surface area (Å²) in [5, 5.41) is 6.53. The molecule has 0 aromatic heterocycles. The van der Waals surface area contributed by atoms with E-state index in [2.05, 4.69) is 24.5 Å². The highest BCUT2D eigenvalue weighted by molar-refractivity contribution is 5.85. The van der Waals surface area contributed by atoms with Crippen molar-refractivity contribution in [3.63, 3.8) is 0 Å². The quantitative estimate of drug-likeness (QED) is 0.817. The third-order valence-corrected chi connectivity index (χ3v) is 4.56. The summed E-state index contributed by atoms with van der Waals surface area (Å²) < 4.78 is 0. The molecule has 112 valence electrons. The molecule has 0 aromatic rings. The Morgan fingerprint density at radius 1 is 1.37 bits per heavy atom. The number of carbonyl (C=O) groups excluding carboxylic acids is 1. The van der Waals surface area contributed by atoms with Gasteiger partial charge in [0.2, 0.25) is 5.91 Å². The number of carbonyl (C=O) groups is 1. The lowest BCUT2D eigenvalue weighted by atomic mass is 9.64. The first-order chi connectivity index (χ1) is 8.61. The zero-order valence-electron chi connectivity index (χ0n) is 12.3. The molecule has 3 nitrogen and oxygen atoms in total. The van der Waals surface area contributed by atoms with Crippen LogP contribution in [-0.4, -0.2) is 25.5 Å². The van der Waals surface area contributed by atoms with Gasteiger partial charge in [0, 0.05) is 13.1 Å². The van der Waals surface area contributed by atoms with E-state index in [0.717, 1.165) is 38.4 Å². The van der Waals surface area contributed by atoms with Gasteiger partial charge in [0.05, 0.1) is 5.92 Å². The average Bonchev–Trinajstić information content (AvgIpc) is 2.32. The number of nitrogens with one attached hydrogen (secondary N) is 2. The lowest BCUT2D eigenvalue weighted by Crippen LogP contribution is -2.47. The van der Waals surface area contributed by atoms with Crippen LogP contribution in [0.25, 0.3) is 0 Å². The molecule has 2 aliphatic rings. The number of hydrogen-bond donors (Lipinski definition) is 2. The fourth-order valence-electron chi connectivity index (χ4n) is 3.49. The van der Waals surface area contributed by atoms with E-state index in [1.807, 2.05) is 0 Å². The third-order valence-electron chi connectivity index (χ3n) is 4.56. The van der Waals surface area contributed by atoms with E-state index in [1.54, 1.807) is 0 Å². The van der Waals surface area contributed by atoms with Crippen LogP contribution in [0.5, 0.6) is 0 Å². The van der Waals surface area contributed by atoms with Gasteiger partial charge in [-0.25, -0.2) is 0 Å². The first kappa shape index (κ1) is 16.8. The number of amides is 1. The number of hydrogen-bond acceptors (Lipinski definition) is 2. The maximum Gasteiger partial charge on any atom is 0.224 e. The molecule has 4 heteroatoms. The Bertz CT molecular complexity index is 284. The second kappa shape index (κ2) is 7.49. The standard InChI is InChI=1S/C15H28N2O.ClH/c1-12(2)9-15(6-4-7-15)11-17-14(18)13-5-3-8-16-10-13;/h12-13,16H,3-11H2,1-2H3,(H,17,18);1H. The van der Waals surface area contributed by atoms with Gasteiger partial charge in [-0.15, -0.1) is 12.4 Å². The monoisotopic (exact) mass is 288 g/mol. The molecule has 0 radical (unpaired) electrons. The van der Waals surface area contributed by atoms with Crippen LogP contribution in [-0.2, 0) is 4.79 Å². The Morgan fingerprint density at radius 2 is 2.11 bits per heavy atom. The van der Waals surface area contributed by atoms with Crippen LogP contribution in [0.15, 0.2) is 0 Å². The third kappa shape index (κ3) is 4.64. The Morgan fingerprint density at radius 3 is 2.58 bits per heavy atom. The van der Waals surface area contributed by atoms with Gasteiger partial charge >= 0.3 is 0 Å². The first-order valence-corrected chi connectivity index (χ1v) is 7.60. The minimum atomic E-state index is 0. The maximum absolute atomic E-state index is 12.1. The number of halogens is 1. The molecule has 0 aromatic carbocycles. The minimum Gasteiger partial charge on any atom is -0.355 e. The maximum atomic E-state index is 12.1. The van der Waals surface area contributed by atoms with Crippen molar-refractivity contribution in [1.82, 2.24) is 10.6 Å². The van der Waals surface area contributed by atoms with Crippen molar-refractivity contribution >= 4 is 18.3 Å². The highest BCUT2D eigenvalue weighted by Gasteiger charge is 2.37. The van der Waals surface area contributed by atoms with Gasteiger partial charge in [-0.3, -0.25) is 4.79 Å². The SMILES string of the molecule is CC(C)CC1(CNC(=O)C2CCCNC2)CCC1.Cl. The van der Waals surface area contributed by atoms with Gasteiger partial charge < -0.3 is 10.6 Å². The summed E-state index contributed by atoms with van der Waals surface area (Å²) >= 11 is 0. The van der Waals surface area contributed by atoms with Gasteiger partial charge in [0.25, 0.3) is 0 Å². The van der Waals surface area contributed by atoms with E-state index in [0.29, 0.717) is 5.41 Å². The van der Waals surface area contributed by atoms with E-state index < -0.39 is 0 Å². The molecule has 19 heavy (non-hydrogen) atoms. The Kier molecular flexibility index (Phi) is 6.61. The van der Waals surface area contributed by atoms with Crippen LogP contribution >= 0.6 is 12.4 Å². The molecule has 1 saturated heterocycles. The summed E-state index contributed by atoms with van der Waals surface area (Å²) in [5.41, 5.74) is 0.423. The molecule has 2 N–H and O–H groups in total. The molecule has 1 atom stereocenters. The van der Waals surface area contributed by atoms with E-state index in [9.17, 15) is 4.79 Å². The van der Waals surface area contributed by atoms with Crippen LogP contribution in [0.4, 0.5) is 0 Å². The molecule has 1 unspecified atom stereocenters. The van der Waals surface area contributed by atoms with Crippen LogP contribution in [0.3, 0.4) is 0 Å². The molecule has 0 spiro atoms. The van der Waals surface area contributed by atoms with Gasteiger partial charge in [0.1, 0.15) is 0 Å². The molecule has 2 rings (SSSR count). The number of rotatable bonds is 5. The molecule has 1 aliphatic heterocycles. The second-order valence-corrected chi connectivity index (χ2v) is 6.71. The Labute approximate surface area is 123 Å². The minimum absolute atomic E-state index is 0. The summed E-state index contributed by atoms with van der Waals surface area (Å²) in [6, 6.07) is 0. The molecule has 1 aliphatic carbocycles. The van der Waals surface area contributed by atoms with Crippen molar-refractivity contribution in [2.75, 3.05) is 19.6 Å². The van der Waals surface area contributed by atoms with Gasteiger partial charge in [-0.1, -0.05) is 20.3 Å². The van der Waals surface area contributed by atoms with Crippen molar-refractivity contribution < 1.29 is 4.79 Å². The predicted molar refractivity (Wildman–Crippen MR) is 81.6 cm³/mol. The Balaban J connectivity index is 0.00000180. The molecule has 0 bridgehead atoms. The lowest BCUT2D eigenvalue weighted by Gasteiger charge is -2.43. The summed E-state index contributed by atoms with van der Waals surface area (Å²) in [5.74, 6) is 1.21. The van der Waals surface area contributed by atoms with Gasteiger partial charge in [0.15, 0.2) is 0 Å². The summed E-state index contributed by atoms with van der Waals surface area (Å²) in [6.45, 7) is 7.41. The highest BCUT2D eigenvalue weighted by atomic mass is 35.5. The Hall–Kier alpha value is -0.280. The van der Waals surface area contributed by atoms with Crippen LogP contribution < -0.4 is 10.6 Å². The summed E-state index contributed by atoms with van der Waals surface area (Å²) in [4.78, 5) is 12.1. The van der Waals surface area contributed by atoms with E-state index >= 15 is 0 Å². The van der Waals surface area contributed by atoms with Crippen LogP contribution in [0.2, 0.25) is 0 Å². The normalized spacial score (nSPS) is 25.3. The highest BCUT2D eigenvalue weighted by Crippen LogP contribution is 2.45. The van der Waals surface area contributed by atoms with Gasteiger partial charge in [-0.05, 0) is 50.0 Å². The average molecular weight is 289 g/mol. The summed E-state index contributed by atoms with van der Waals surface area (Å²) in [7, 11) is 0. The first-order valence-electron chi connectivity index (χ1n) is 7.60. The van der Waals surface area contributed by atoms with Crippen molar-refractivity contribution in [1.29, 1.82) is 0 Å².